The van der Waals surface area contributed by atoms with Crippen molar-refractivity contribution in [1.29, 1.82) is 0 Å². The van der Waals surface area contributed by atoms with E-state index in [4.69, 9.17) is 0 Å². The second-order valence-electron chi connectivity index (χ2n) is 7.29. The highest BCUT2D eigenvalue weighted by Gasteiger charge is 2.27. The summed E-state index contributed by atoms with van der Waals surface area (Å²) in [7, 11) is 0. The van der Waals surface area contributed by atoms with Crippen LogP contribution in [0.25, 0.3) is 0 Å². The molecule has 1 aliphatic rings. The van der Waals surface area contributed by atoms with Crippen LogP contribution in [0.3, 0.4) is 0 Å². The van der Waals surface area contributed by atoms with E-state index in [1.54, 1.807) is 0 Å². The average molecular weight is 394 g/mol. The van der Waals surface area contributed by atoms with Gasteiger partial charge < -0.3 is 5.32 Å². The zero-order chi connectivity index (χ0) is 20.1. The van der Waals surface area contributed by atoms with E-state index in [0.717, 1.165) is 43.6 Å². The highest BCUT2D eigenvalue weighted by Crippen LogP contribution is 2.19. The van der Waals surface area contributed by atoms with Gasteiger partial charge in [-0.2, -0.15) is 0 Å². The highest BCUT2D eigenvalue weighted by molar-refractivity contribution is 5.83. The van der Waals surface area contributed by atoms with Gasteiger partial charge in [0.1, 0.15) is 12.1 Å². The van der Waals surface area contributed by atoms with Gasteiger partial charge >= 0.3 is 0 Å². The molecular formula is C21H23FN6O. The number of rotatable bonds is 6. The Bertz CT molecular complexity index is 908. The molecule has 0 saturated carbocycles. The van der Waals surface area contributed by atoms with Gasteiger partial charge in [0.05, 0.1) is 0 Å². The Kier molecular flexibility index (Phi) is 5.90. The number of likely N-dealkylation sites (tertiary alicyclic amines) is 1. The topological polar surface area (TPSA) is 75.9 Å². The number of nitrogens with one attached hydrogen (secondary N) is 1. The molecule has 1 aliphatic heterocycles. The number of hydrogen-bond donors (Lipinski definition) is 1. The van der Waals surface area contributed by atoms with Crippen molar-refractivity contribution in [3.8, 4) is 0 Å². The van der Waals surface area contributed by atoms with Crippen LogP contribution in [0, 0.1) is 5.82 Å². The maximum Gasteiger partial charge on any atom is 0.249 e. The van der Waals surface area contributed by atoms with Gasteiger partial charge in [0.15, 0.2) is 6.04 Å². The summed E-state index contributed by atoms with van der Waals surface area (Å²) in [5, 5.41) is 14.4. The minimum absolute atomic E-state index is 0.106. The van der Waals surface area contributed by atoms with Crippen LogP contribution in [-0.2, 0) is 11.3 Å². The van der Waals surface area contributed by atoms with Gasteiger partial charge in [-0.25, -0.2) is 9.07 Å². The molecule has 1 saturated heterocycles. The number of tetrazole rings is 1. The number of carbonyl (C=O) groups is 1. The SMILES string of the molecule is O=C(NC1CCN(Cc2ccc(F)cc2)CC1)[C@@H](c1ccccc1)n1cnnn1. The molecule has 1 fully saturated rings. The number of piperidine rings is 1. The zero-order valence-electron chi connectivity index (χ0n) is 16.0. The van der Waals surface area contributed by atoms with Crippen LogP contribution in [0.4, 0.5) is 4.39 Å². The number of halogens is 1. The van der Waals surface area contributed by atoms with Gasteiger partial charge in [0.25, 0.3) is 0 Å². The van der Waals surface area contributed by atoms with Crippen molar-refractivity contribution >= 4 is 5.91 Å². The summed E-state index contributed by atoms with van der Waals surface area (Å²) in [5.41, 5.74) is 1.93. The van der Waals surface area contributed by atoms with Gasteiger partial charge in [-0.15, -0.1) is 5.10 Å². The summed E-state index contributed by atoms with van der Waals surface area (Å²) < 4.78 is 14.5. The van der Waals surface area contributed by atoms with Crippen molar-refractivity contribution in [3.05, 3.63) is 77.9 Å². The Morgan fingerprint density at radius 1 is 1.10 bits per heavy atom. The maximum absolute atomic E-state index is 13.1. The van der Waals surface area contributed by atoms with Crippen molar-refractivity contribution in [2.24, 2.45) is 0 Å². The van der Waals surface area contributed by atoms with Crippen molar-refractivity contribution < 1.29 is 9.18 Å². The predicted octanol–water partition coefficient (Wildman–Crippen LogP) is 2.18. The average Bonchev–Trinajstić information content (AvgIpc) is 3.26. The molecule has 0 aliphatic carbocycles. The van der Waals surface area contributed by atoms with E-state index < -0.39 is 6.04 Å². The Morgan fingerprint density at radius 2 is 1.83 bits per heavy atom. The van der Waals surface area contributed by atoms with Crippen molar-refractivity contribution in [3.63, 3.8) is 0 Å². The van der Waals surface area contributed by atoms with E-state index >= 15 is 0 Å². The van der Waals surface area contributed by atoms with Crippen LogP contribution >= 0.6 is 0 Å². The lowest BCUT2D eigenvalue weighted by Gasteiger charge is -2.33. The third kappa shape index (κ3) is 4.83. The molecule has 0 unspecified atom stereocenters. The number of amides is 1. The number of nitrogens with zero attached hydrogens (tertiary/aromatic N) is 5. The summed E-state index contributed by atoms with van der Waals surface area (Å²) in [6.07, 6.45) is 3.19. The molecule has 29 heavy (non-hydrogen) atoms. The molecule has 0 radical (unpaired) electrons. The van der Waals surface area contributed by atoms with Gasteiger partial charge in [-0.3, -0.25) is 9.69 Å². The van der Waals surface area contributed by atoms with Crippen LogP contribution in [0.1, 0.15) is 30.0 Å². The Morgan fingerprint density at radius 3 is 2.48 bits per heavy atom. The first kappa shape index (κ1) is 19.2. The van der Waals surface area contributed by atoms with Gasteiger partial charge in [0.2, 0.25) is 5.91 Å². The van der Waals surface area contributed by atoms with Crippen LogP contribution in [-0.4, -0.2) is 50.1 Å². The number of aromatic nitrogens is 4. The number of hydrogen-bond acceptors (Lipinski definition) is 5. The Balaban J connectivity index is 1.35. The molecule has 1 amide bonds. The second kappa shape index (κ2) is 8.91. The Hall–Kier alpha value is -3.13. The first-order valence-corrected chi connectivity index (χ1v) is 9.73. The maximum atomic E-state index is 13.1. The second-order valence-corrected chi connectivity index (χ2v) is 7.29. The number of benzene rings is 2. The van der Waals surface area contributed by atoms with Crippen LogP contribution in [0.5, 0.6) is 0 Å². The molecule has 0 bridgehead atoms. The quantitative estimate of drug-likeness (QED) is 0.694. The third-order valence-corrected chi connectivity index (χ3v) is 5.25. The molecule has 150 valence electrons. The summed E-state index contributed by atoms with van der Waals surface area (Å²) in [6, 6.07) is 15.6. The lowest BCUT2D eigenvalue weighted by Crippen LogP contribution is -2.46. The smallest absolute Gasteiger partial charge is 0.249 e. The molecular weight excluding hydrogens is 371 g/mol. The van der Waals surface area contributed by atoms with Gasteiger partial charge in [-0.05, 0) is 46.5 Å². The minimum atomic E-state index is -0.594. The van der Waals surface area contributed by atoms with Crippen molar-refractivity contribution in [2.75, 3.05) is 13.1 Å². The molecule has 8 heteroatoms. The van der Waals surface area contributed by atoms with E-state index in [9.17, 15) is 9.18 Å². The molecule has 7 nitrogen and oxygen atoms in total. The molecule has 0 spiro atoms. The van der Waals surface area contributed by atoms with Crippen molar-refractivity contribution in [2.45, 2.75) is 31.5 Å². The van der Waals surface area contributed by atoms with E-state index in [1.807, 2.05) is 42.5 Å². The largest absolute Gasteiger partial charge is 0.351 e. The zero-order valence-corrected chi connectivity index (χ0v) is 16.0. The normalized spacial score (nSPS) is 16.4. The minimum Gasteiger partial charge on any atom is -0.351 e. The molecule has 3 aromatic rings. The van der Waals surface area contributed by atoms with Gasteiger partial charge in [0, 0.05) is 25.7 Å². The molecule has 4 rings (SSSR count). The molecule has 1 atom stereocenters. The summed E-state index contributed by atoms with van der Waals surface area (Å²) in [6.45, 7) is 2.55. The van der Waals surface area contributed by atoms with E-state index in [2.05, 4.69) is 25.7 Å². The first-order valence-electron chi connectivity index (χ1n) is 9.73. The Labute approximate surface area is 168 Å². The fraction of sp³-hybridized carbons (Fsp3) is 0.333. The van der Waals surface area contributed by atoms with Gasteiger partial charge in [-0.1, -0.05) is 42.5 Å². The third-order valence-electron chi connectivity index (χ3n) is 5.25. The lowest BCUT2D eigenvalue weighted by molar-refractivity contribution is -0.124. The van der Waals surface area contributed by atoms with Crippen molar-refractivity contribution in [1.82, 2.24) is 30.4 Å². The van der Waals surface area contributed by atoms with E-state index in [1.165, 1.54) is 23.1 Å². The van der Waals surface area contributed by atoms with Crippen LogP contribution in [0.2, 0.25) is 0 Å². The standard InChI is InChI=1S/C21H23FN6O/c22-18-8-6-16(7-9-18)14-27-12-10-19(11-13-27)24-21(29)20(28-15-23-25-26-28)17-4-2-1-3-5-17/h1-9,15,19-20H,10-14H2,(H,24,29)/t20-/m1/s1. The van der Waals surface area contributed by atoms with Crippen LogP contribution in [0.15, 0.2) is 60.9 Å². The summed E-state index contributed by atoms with van der Waals surface area (Å²) in [4.78, 5) is 15.4. The fourth-order valence-electron chi connectivity index (χ4n) is 3.71. The summed E-state index contributed by atoms with van der Waals surface area (Å²) >= 11 is 0. The number of carbonyl (C=O) groups excluding carboxylic acids is 1. The monoisotopic (exact) mass is 394 g/mol. The highest BCUT2D eigenvalue weighted by atomic mass is 19.1. The molecule has 1 aromatic heterocycles. The van der Waals surface area contributed by atoms with E-state index in [0.29, 0.717) is 0 Å². The first-order chi connectivity index (χ1) is 14.2. The molecule has 1 N–H and O–H groups in total. The fourth-order valence-corrected chi connectivity index (χ4v) is 3.71. The van der Waals surface area contributed by atoms with E-state index in [-0.39, 0.29) is 17.8 Å². The predicted molar refractivity (Wildman–Crippen MR) is 105 cm³/mol. The lowest BCUT2D eigenvalue weighted by atomic mass is 10.0. The van der Waals surface area contributed by atoms with Crippen LogP contribution < -0.4 is 5.32 Å². The molecule has 2 aromatic carbocycles. The summed E-state index contributed by atoms with van der Waals surface area (Å²) in [5.74, 6) is -0.328. The molecule has 2 heterocycles.